The van der Waals surface area contributed by atoms with E-state index >= 15 is 0 Å². The Kier molecular flexibility index (Phi) is 5.27. The van der Waals surface area contributed by atoms with E-state index < -0.39 is 0 Å². The lowest BCUT2D eigenvalue weighted by Gasteiger charge is -2.23. The maximum atomic E-state index is 2.47. The van der Waals surface area contributed by atoms with E-state index in [4.69, 9.17) is 0 Å². The van der Waals surface area contributed by atoms with Gasteiger partial charge in [-0.05, 0) is 89.3 Å². The Morgan fingerprint density at radius 1 is 0.341 bits per heavy atom. The van der Waals surface area contributed by atoms with Crippen molar-refractivity contribution in [3.8, 4) is 44.5 Å². The highest BCUT2D eigenvalue weighted by molar-refractivity contribution is 6.21. The van der Waals surface area contributed by atoms with Gasteiger partial charge in [0.2, 0.25) is 0 Å². The molecule has 41 heavy (non-hydrogen) atoms. The molecule has 1 aliphatic carbocycles. The van der Waals surface area contributed by atoms with Gasteiger partial charge >= 0.3 is 0 Å². The van der Waals surface area contributed by atoms with Crippen molar-refractivity contribution in [3.05, 3.63) is 157 Å². The predicted molar refractivity (Wildman–Crippen MR) is 175 cm³/mol. The van der Waals surface area contributed by atoms with Crippen LogP contribution in [-0.4, -0.2) is 0 Å². The van der Waals surface area contributed by atoms with Crippen molar-refractivity contribution < 1.29 is 0 Å². The van der Waals surface area contributed by atoms with Gasteiger partial charge < -0.3 is 0 Å². The van der Waals surface area contributed by atoms with Crippen molar-refractivity contribution in [1.82, 2.24) is 0 Å². The highest BCUT2D eigenvalue weighted by Crippen LogP contribution is 2.52. The quantitative estimate of drug-likeness (QED) is 0.202. The molecule has 0 saturated carbocycles. The third-order valence-electron chi connectivity index (χ3n) is 9.07. The molecule has 0 N–H and O–H groups in total. The molecule has 194 valence electrons. The lowest BCUT2D eigenvalue weighted by atomic mass is 9.80. The zero-order valence-corrected chi connectivity index (χ0v) is 23.4. The van der Waals surface area contributed by atoms with Crippen LogP contribution in [0.25, 0.3) is 66.1 Å². The summed E-state index contributed by atoms with van der Waals surface area (Å²) in [5.41, 5.74) is 13.1. The molecule has 0 unspecified atom stereocenters. The number of hydrogen-bond acceptors (Lipinski definition) is 0. The van der Waals surface area contributed by atoms with Crippen molar-refractivity contribution in [1.29, 1.82) is 0 Å². The van der Waals surface area contributed by atoms with Crippen LogP contribution in [0.15, 0.2) is 146 Å². The Morgan fingerprint density at radius 2 is 0.732 bits per heavy atom. The maximum Gasteiger partial charge on any atom is 0.0159 e. The van der Waals surface area contributed by atoms with Gasteiger partial charge in [0, 0.05) is 5.41 Å². The minimum atomic E-state index is -0.0962. The van der Waals surface area contributed by atoms with Crippen molar-refractivity contribution >= 4 is 21.5 Å². The molecule has 0 heterocycles. The molecule has 0 nitrogen and oxygen atoms in total. The van der Waals surface area contributed by atoms with Gasteiger partial charge in [-0.25, -0.2) is 0 Å². The Labute approximate surface area is 241 Å². The first-order valence-corrected chi connectivity index (χ1v) is 14.5. The Hall–Kier alpha value is -4.94. The van der Waals surface area contributed by atoms with Gasteiger partial charge in [-0.3, -0.25) is 0 Å². The summed E-state index contributed by atoms with van der Waals surface area (Å²) in [7, 11) is 0. The summed E-state index contributed by atoms with van der Waals surface area (Å²) in [4.78, 5) is 0. The average molecular weight is 523 g/mol. The first kappa shape index (κ1) is 23.9. The molecule has 7 aromatic carbocycles. The van der Waals surface area contributed by atoms with Crippen LogP contribution in [0.3, 0.4) is 0 Å². The van der Waals surface area contributed by atoms with Crippen LogP contribution in [0, 0.1) is 0 Å². The van der Waals surface area contributed by atoms with Crippen molar-refractivity contribution in [2.24, 2.45) is 0 Å². The summed E-state index contributed by atoms with van der Waals surface area (Å²) in [6, 6.07) is 53.5. The second kappa shape index (κ2) is 9.04. The van der Waals surface area contributed by atoms with E-state index in [2.05, 4.69) is 159 Å². The van der Waals surface area contributed by atoms with E-state index in [-0.39, 0.29) is 5.41 Å². The molecule has 0 aliphatic heterocycles. The van der Waals surface area contributed by atoms with E-state index in [1.165, 1.54) is 77.2 Å². The minimum absolute atomic E-state index is 0.0962. The fourth-order valence-electron chi connectivity index (χ4n) is 7.06. The molecule has 0 saturated heterocycles. The minimum Gasteiger partial charge on any atom is -0.0622 e. The highest BCUT2D eigenvalue weighted by Gasteiger charge is 2.36. The topological polar surface area (TPSA) is 0 Å². The van der Waals surface area contributed by atoms with E-state index in [0.29, 0.717) is 0 Å². The Bertz CT molecular complexity index is 2040. The van der Waals surface area contributed by atoms with Crippen LogP contribution in [0.5, 0.6) is 0 Å². The van der Waals surface area contributed by atoms with Crippen molar-refractivity contribution in [3.63, 3.8) is 0 Å². The van der Waals surface area contributed by atoms with Crippen LogP contribution >= 0.6 is 0 Å². The zero-order valence-electron chi connectivity index (χ0n) is 23.4. The van der Waals surface area contributed by atoms with Crippen LogP contribution in [0.4, 0.5) is 0 Å². The maximum absolute atomic E-state index is 2.47. The Morgan fingerprint density at radius 3 is 1.24 bits per heavy atom. The van der Waals surface area contributed by atoms with Crippen LogP contribution in [0.1, 0.15) is 25.0 Å². The smallest absolute Gasteiger partial charge is 0.0159 e. The first-order valence-electron chi connectivity index (χ1n) is 14.5. The van der Waals surface area contributed by atoms with Gasteiger partial charge in [-0.15, -0.1) is 0 Å². The lowest BCUT2D eigenvalue weighted by molar-refractivity contribution is 0.661. The standard InChI is InChI=1S/C41H30/c1-41(2)37-25-29(27-13-5-3-6-14-27)21-23-31(37)32-24-22-30(26-38(32)41)40-35-19-11-9-17-33(35)39(28-15-7-4-8-16-28)34-18-10-12-20-36(34)40/h3-26H,1-2H3. The number of benzene rings is 7. The third kappa shape index (κ3) is 3.61. The molecule has 0 fully saturated rings. The van der Waals surface area contributed by atoms with E-state index in [9.17, 15) is 0 Å². The molecular weight excluding hydrogens is 492 g/mol. The van der Waals surface area contributed by atoms with E-state index in [1.807, 2.05) is 0 Å². The highest BCUT2D eigenvalue weighted by atomic mass is 14.4. The second-order valence-electron chi connectivity index (χ2n) is 11.7. The lowest BCUT2D eigenvalue weighted by Crippen LogP contribution is -2.15. The molecule has 0 atom stereocenters. The summed E-state index contributed by atoms with van der Waals surface area (Å²) in [6.45, 7) is 4.76. The summed E-state index contributed by atoms with van der Waals surface area (Å²) < 4.78 is 0. The van der Waals surface area contributed by atoms with Crippen molar-refractivity contribution in [2.75, 3.05) is 0 Å². The SMILES string of the molecule is CC1(C)c2cc(-c3ccccc3)ccc2-c2ccc(-c3c4ccccc4c(-c4ccccc4)c4ccccc34)cc21. The summed E-state index contributed by atoms with van der Waals surface area (Å²) >= 11 is 0. The van der Waals surface area contributed by atoms with Crippen LogP contribution < -0.4 is 0 Å². The molecule has 0 spiro atoms. The fourth-order valence-corrected chi connectivity index (χ4v) is 7.06. The summed E-state index contributed by atoms with van der Waals surface area (Å²) in [5, 5.41) is 5.18. The second-order valence-corrected chi connectivity index (χ2v) is 11.7. The fraction of sp³-hybridized carbons (Fsp3) is 0.0732. The molecule has 8 rings (SSSR count). The van der Waals surface area contributed by atoms with Gasteiger partial charge in [0.05, 0.1) is 0 Å². The normalized spacial score (nSPS) is 13.3. The van der Waals surface area contributed by atoms with Gasteiger partial charge in [0.25, 0.3) is 0 Å². The third-order valence-corrected chi connectivity index (χ3v) is 9.07. The van der Waals surface area contributed by atoms with Crippen LogP contribution in [0.2, 0.25) is 0 Å². The number of hydrogen-bond donors (Lipinski definition) is 0. The van der Waals surface area contributed by atoms with E-state index in [1.54, 1.807) is 0 Å². The number of fused-ring (bicyclic) bond motifs is 5. The van der Waals surface area contributed by atoms with Gasteiger partial charge in [-0.2, -0.15) is 0 Å². The Balaban J connectivity index is 1.36. The van der Waals surface area contributed by atoms with Crippen molar-refractivity contribution in [2.45, 2.75) is 19.3 Å². The molecule has 1 aliphatic rings. The number of rotatable bonds is 3. The average Bonchev–Trinajstić information content (AvgIpc) is 3.26. The first-order chi connectivity index (χ1) is 20.1. The van der Waals surface area contributed by atoms with Gasteiger partial charge in [0.1, 0.15) is 0 Å². The molecular formula is C41H30. The predicted octanol–water partition coefficient (Wildman–Crippen LogP) is 11.3. The van der Waals surface area contributed by atoms with E-state index in [0.717, 1.165) is 0 Å². The molecule has 0 amide bonds. The molecule has 7 aromatic rings. The molecule has 0 heteroatoms. The zero-order chi connectivity index (χ0) is 27.6. The van der Waals surface area contributed by atoms with Crippen LogP contribution in [-0.2, 0) is 5.41 Å². The summed E-state index contributed by atoms with van der Waals surface area (Å²) in [6.07, 6.45) is 0. The molecule has 0 aromatic heterocycles. The molecule has 0 bridgehead atoms. The monoisotopic (exact) mass is 522 g/mol. The van der Waals surface area contributed by atoms with Gasteiger partial charge in [-0.1, -0.05) is 147 Å². The summed E-state index contributed by atoms with van der Waals surface area (Å²) in [5.74, 6) is 0. The molecule has 0 radical (unpaired) electrons. The van der Waals surface area contributed by atoms with Gasteiger partial charge in [0.15, 0.2) is 0 Å². The largest absolute Gasteiger partial charge is 0.0622 e.